The van der Waals surface area contributed by atoms with Crippen molar-refractivity contribution in [2.75, 3.05) is 12.4 Å². The molecule has 2 aromatic carbocycles. The number of H-pyrrole nitrogens is 1. The van der Waals surface area contributed by atoms with Gasteiger partial charge in [-0.05, 0) is 61.6 Å². The smallest absolute Gasteiger partial charge is 0.347 e. The Morgan fingerprint density at radius 3 is 2.62 bits per heavy atom. The highest BCUT2D eigenvalue weighted by Crippen LogP contribution is 2.21. The van der Waals surface area contributed by atoms with Gasteiger partial charge >= 0.3 is 5.69 Å². The topological polar surface area (TPSA) is 89.0 Å². The van der Waals surface area contributed by atoms with E-state index >= 15 is 0 Å². The third kappa shape index (κ3) is 5.34. The van der Waals surface area contributed by atoms with E-state index < -0.39 is 0 Å². The molecule has 0 saturated heterocycles. The number of aromatic nitrogens is 3. The Hall–Kier alpha value is -3.35. The number of unbranched alkanes of at least 4 members (excludes halogenated alkanes) is 2. The second-order valence-electron chi connectivity index (χ2n) is 6.94. The van der Waals surface area contributed by atoms with Crippen LogP contribution in [0.3, 0.4) is 0 Å². The summed E-state index contributed by atoms with van der Waals surface area (Å²) in [5.74, 6) is 0.844. The Kier molecular flexibility index (Phi) is 6.84. The van der Waals surface area contributed by atoms with E-state index in [1.165, 1.54) is 16.5 Å². The molecule has 2 N–H and O–H groups in total. The summed E-state index contributed by atoms with van der Waals surface area (Å²) < 4.78 is 6.58. The van der Waals surface area contributed by atoms with Crippen LogP contribution in [0, 0.1) is 6.92 Å². The summed E-state index contributed by atoms with van der Waals surface area (Å²) in [6.07, 6.45) is 5.76. The number of aromatic amines is 1. The summed E-state index contributed by atoms with van der Waals surface area (Å²) in [6, 6.07) is 13.6. The average Bonchev–Trinajstić information content (AvgIpc) is 3.15. The highest BCUT2D eigenvalue weighted by molar-refractivity contribution is 5.92. The number of hydrogen-bond acceptors (Lipinski definition) is 4. The Balaban J connectivity index is 1.46. The van der Waals surface area contributed by atoms with Crippen LogP contribution in [0.5, 0.6) is 5.75 Å². The number of hydrogen-bond donors (Lipinski definition) is 2. The lowest BCUT2D eigenvalue weighted by atomic mass is 10.1. The molecule has 0 saturated carbocycles. The summed E-state index contributed by atoms with van der Waals surface area (Å²) >= 11 is 0. The number of nitrogens with zero attached hydrogens (tertiary/aromatic N) is 2. The van der Waals surface area contributed by atoms with Gasteiger partial charge in [-0.1, -0.05) is 24.6 Å². The van der Waals surface area contributed by atoms with Crippen LogP contribution in [0.2, 0.25) is 0 Å². The standard InChI is InChI=1S/C22H26N4O3/c1-16-19(8-6-9-20(16)26-15-23-25-22(26)28)24-21(27)10-5-3-4-7-17-11-13-18(29-2)14-12-17/h6,8-9,11-15H,3-5,7,10H2,1-2H3,(H,24,27)(H,25,28). The number of anilines is 1. The normalized spacial score (nSPS) is 10.7. The Labute approximate surface area is 169 Å². The van der Waals surface area contributed by atoms with Gasteiger partial charge in [-0.25, -0.2) is 14.5 Å². The van der Waals surface area contributed by atoms with Gasteiger partial charge < -0.3 is 10.1 Å². The lowest BCUT2D eigenvalue weighted by Gasteiger charge is -2.12. The van der Waals surface area contributed by atoms with E-state index in [-0.39, 0.29) is 11.6 Å². The third-order valence-corrected chi connectivity index (χ3v) is 4.92. The van der Waals surface area contributed by atoms with Crippen LogP contribution in [0.15, 0.2) is 53.6 Å². The molecule has 0 unspecified atom stereocenters. The molecule has 1 heterocycles. The molecule has 0 aliphatic rings. The van der Waals surface area contributed by atoms with E-state index in [1.807, 2.05) is 37.3 Å². The van der Waals surface area contributed by atoms with Gasteiger partial charge in [0.1, 0.15) is 12.1 Å². The fraction of sp³-hybridized carbons (Fsp3) is 0.318. The van der Waals surface area contributed by atoms with Crippen LogP contribution in [0.25, 0.3) is 5.69 Å². The number of rotatable bonds is 9. The molecule has 3 rings (SSSR count). The first kappa shape index (κ1) is 20.4. The number of nitrogens with one attached hydrogen (secondary N) is 2. The second kappa shape index (κ2) is 9.73. The number of amides is 1. The Morgan fingerprint density at radius 2 is 1.93 bits per heavy atom. The maximum absolute atomic E-state index is 12.3. The van der Waals surface area contributed by atoms with Gasteiger partial charge in [0.2, 0.25) is 5.91 Å². The van der Waals surface area contributed by atoms with Crippen molar-refractivity contribution >= 4 is 11.6 Å². The van der Waals surface area contributed by atoms with Crippen LogP contribution in [0.1, 0.15) is 36.8 Å². The summed E-state index contributed by atoms with van der Waals surface area (Å²) in [5.41, 5.74) is 3.19. The van der Waals surface area contributed by atoms with E-state index in [9.17, 15) is 9.59 Å². The van der Waals surface area contributed by atoms with Gasteiger partial charge in [-0.15, -0.1) is 0 Å². The molecule has 1 amide bonds. The molecule has 0 aliphatic carbocycles. The van der Waals surface area contributed by atoms with Gasteiger partial charge in [0.15, 0.2) is 0 Å². The van der Waals surface area contributed by atoms with E-state index in [1.54, 1.807) is 7.11 Å². The quantitative estimate of drug-likeness (QED) is 0.543. The molecule has 1 aromatic heterocycles. The molecule has 7 heteroatoms. The zero-order chi connectivity index (χ0) is 20.6. The minimum Gasteiger partial charge on any atom is -0.497 e. The van der Waals surface area contributed by atoms with Gasteiger partial charge in [0.05, 0.1) is 12.8 Å². The summed E-state index contributed by atoms with van der Waals surface area (Å²) in [6.45, 7) is 1.87. The summed E-state index contributed by atoms with van der Waals surface area (Å²) in [4.78, 5) is 24.1. The molecule has 0 radical (unpaired) electrons. The zero-order valence-electron chi connectivity index (χ0n) is 16.8. The largest absolute Gasteiger partial charge is 0.497 e. The number of methoxy groups -OCH3 is 1. The molecule has 0 atom stereocenters. The van der Waals surface area contributed by atoms with E-state index in [4.69, 9.17) is 4.74 Å². The first-order valence-electron chi connectivity index (χ1n) is 9.73. The minimum absolute atomic E-state index is 0.0192. The van der Waals surface area contributed by atoms with Crippen molar-refractivity contribution in [1.82, 2.24) is 14.8 Å². The highest BCUT2D eigenvalue weighted by atomic mass is 16.5. The zero-order valence-corrected chi connectivity index (χ0v) is 16.8. The van der Waals surface area contributed by atoms with E-state index in [0.717, 1.165) is 37.0 Å². The number of aryl methyl sites for hydroxylation is 1. The molecule has 0 bridgehead atoms. The van der Waals surface area contributed by atoms with Crippen molar-refractivity contribution in [3.8, 4) is 11.4 Å². The molecular weight excluding hydrogens is 368 g/mol. The van der Waals surface area contributed by atoms with Crippen molar-refractivity contribution in [3.05, 3.63) is 70.4 Å². The van der Waals surface area contributed by atoms with Crippen LogP contribution >= 0.6 is 0 Å². The maximum atomic E-state index is 12.3. The molecular formula is C22H26N4O3. The molecule has 0 spiro atoms. The van der Waals surface area contributed by atoms with Crippen molar-refractivity contribution < 1.29 is 9.53 Å². The molecule has 152 valence electrons. The first-order chi connectivity index (χ1) is 14.1. The van der Waals surface area contributed by atoms with Crippen LogP contribution in [-0.2, 0) is 11.2 Å². The molecule has 7 nitrogen and oxygen atoms in total. The third-order valence-electron chi connectivity index (χ3n) is 4.92. The summed E-state index contributed by atoms with van der Waals surface area (Å²) in [5, 5.41) is 9.08. The Morgan fingerprint density at radius 1 is 1.14 bits per heavy atom. The number of carbonyl (C=O) groups is 1. The van der Waals surface area contributed by atoms with Crippen LogP contribution in [0.4, 0.5) is 5.69 Å². The highest BCUT2D eigenvalue weighted by Gasteiger charge is 2.10. The molecule has 0 fully saturated rings. The minimum atomic E-state index is -0.312. The van der Waals surface area contributed by atoms with Crippen molar-refractivity contribution in [1.29, 1.82) is 0 Å². The van der Waals surface area contributed by atoms with Gasteiger partial charge in [-0.2, -0.15) is 5.10 Å². The molecule has 29 heavy (non-hydrogen) atoms. The molecule has 3 aromatic rings. The average molecular weight is 394 g/mol. The van der Waals surface area contributed by atoms with Crippen LogP contribution in [-0.4, -0.2) is 27.8 Å². The van der Waals surface area contributed by atoms with Gasteiger partial charge in [-0.3, -0.25) is 4.79 Å². The van der Waals surface area contributed by atoms with Crippen LogP contribution < -0.4 is 15.7 Å². The number of carbonyl (C=O) groups excluding carboxylic acids is 1. The molecule has 0 aliphatic heterocycles. The van der Waals surface area contributed by atoms with E-state index in [0.29, 0.717) is 17.8 Å². The lowest BCUT2D eigenvalue weighted by molar-refractivity contribution is -0.116. The maximum Gasteiger partial charge on any atom is 0.347 e. The van der Waals surface area contributed by atoms with Gasteiger partial charge in [0, 0.05) is 12.1 Å². The van der Waals surface area contributed by atoms with Crippen molar-refractivity contribution in [2.45, 2.75) is 39.0 Å². The fourth-order valence-electron chi connectivity index (χ4n) is 3.24. The summed E-state index contributed by atoms with van der Waals surface area (Å²) in [7, 11) is 1.66. The predicted molar refractivity (Wildman–Crippen MR) is 113 cm³/mol. The Bertz CT molecular complexity index is 1010. The fourth-order valence-corrected chi connectivity index (χ4v) is 3.24. The van der Waals surface area contributed by atoms with Crippen molar-refractivity contribution in [3.63, 3.8) is 0 Å². The van der Waals surface area contributed by atoms with E-state index in [2.05, 4.69) is 27.6 Å². The monoisotopic (exact) mass is 394 g/mol. The SMILES string of the molecule is COc1ccc(CCCCCC(=O)Nc2cccc(-n3cn[nH]c3=O)c2C)cc1. The first-order valence-corrected chi connectivity index (χ1v) is 9.73. The predicted octanol–water partition coefficient (Wildman–Crippen LogP) is 3.62. The van der Waals surface area contributed by atoms with Crippen molar-refractivity contribution in [2.24, 2.45) is 0 Å². The second-order valence-corrected chi connectivity index (χ2v) is 6.94. The number of benzene rings is 2. The lowest BCUT2D eigenvalue weighted by Crippen LogP contribution is -2.17. The van der Waals surface area contributed by atoms with Gasteiger partial charge in [0.25, 0.3) is 0 Å². The number of ether oxygens (including phenoxy) is 1.